The maximum Gasteiger partial charge on any atom is 0.156 e. The number of aliphatic imine (C=N–C) groups is 1. The summed E-state index contributed by atoms with van der Waals surface area (Å²) in [6, 6.07) is 3.69. The molecule has 1 aliphatic heterocycles. The summed E-state index contributed by atoms with van der Waals surface area (Å²) >= 11 is 1.74. The average molecular weight is 310 g/mol. The van der Waals surface area contributed by atoms with E-state index in [1.807, 2.05) is 0 Å². The highest BCUT2D eigenvalue weighted by Crippen LogP contribution is 2.41. The van der Waals surface area contributed by atoms with Crippen LogP contribution in [0.5, 0.6) is 0 Å². The molecule has 1 aromatic carbocycles. The van der Waals surface area contributed by atoms with Crippen molar-refractivity contribution in [2.45, 2.75) is 38.6 Å². The summed E-state index contributed by atoms with van der Waals surface area (Å²) in [5.74, 6) is 0.0533. The monoisotopic (exact) mass is 310 g/mol. The van der Waals surface area contributed by atoms with Gasteiger partial charge in [0.25, 0.3) is 0 Å². The normalized spacial score (nSPS) is 21.1. The van der Waals surface area contributed by atoms with Crippen LogP contribution >= 0.6 is 11.8 Å². The Morgan fingerprint density at radius 2 is 2.00 bits per heavy atom. The third kappa shape index (κ3) is 3.57. The van der Waals surface area contributed by atoms with Crippen molar-refractivity contribution in [3.05, 3.63) is 35.4 Å². The highest BCUT2D eigenvalue weighted by Gasteiger charge is 2.34. The SMILES string of the molecule is Fc1ccc(CNC2=NCC3(CCCCC3)CS2)c(F)c1. The summed E-state index contributed by atoms with van der Waals surface area (Å²) in [4.78, 5) is 4.64. The van der Waals surface area contributed by atoms with Gasteiger partial charge in [0, 0.05) is 30.5 Å². The summed E-state index contributed by atoms with van der Waals surface area (Å²) in [5.41, 5.74) is 0.868. The largest absolute Gasteiger partial charge is 0.361 e. The van der Waals surface area contributed by atoms with Crippen LogP contribution in [0.4, 0.5) is 8.78 Å². The molecular weight excluding hydrogens is 290 g/mol. The number of thioether (sulfide) groups is 1. The first-order chi connectivity index (χ1) is 10.2. The number of nitrogens with zero attached hydrogens (tertiary/aromatic N) is 1. The summed E-state index contributed by atoms with van der Waals surface area (Å²) in [5, 5.41) is 4.05. The number of hydrogen-bond acceptors (Lipinski definition) is 3. The van der Waals surface area contributed by atoms with Gasteiger partial charge in [-0.05, 0) is 24.3 Å². The van der Waals surface area contributed by atoms with Gasteiger partial charge in [0.2, 0.25) is 0 Å². The van der Waals surface area contributed by atoms with Crippen molar-refractivity contribution in [2.75, 3.05) is 12.3 Å². The van der Waals surface area contributed by atoms with Crippen molar-refractivity contribution < 1.29 is 8.78 Å². The minimum Gasteiger partial charge on any atom is -0.361 e. The number of nitrogens with one attached hydrogen (secondary N) is 1. The highest BCUT2D eigenvalue weighted by molar-refractivity contribution is 8.13. The fourth-order valence-electron chi connectivity index (χ4n) is 3.10. The third-order valence-corrected chi connectivity index (χ3v) is 5.74. The smallest absolute Gasteiger partial charge is 0.156 e. The zero-order chi connectivity index (χ0) is 14.7. The molecule has 0 atom stereocenters. The van der Waals surface area contributed by atoms with Crippen molar-refractivity contribution in [3.8, 4) is 0 Å². The maximum atomic E-state index is 13.6. The van der Waals surface area contributed by atoms with Gasteiger partial charge < -0.3 is 5.32 Å². The molecule has 0 amide bonds. The lowest BCUT2D eigenvalue weighted by Gasteiger charge is -2.38. The standard InChI is InChI=1S/C16H20F2N2S/c17-13-5-4-12(14(18)8-13)9-19-15-20-10-16(11-21-15)6-2-1-3-7-16/h4-5,8H,1-3,6-7,9-11H2,(H,19,20). The van der Waals surface area contributed by atoms with Crippen molar-refractivity contribution in [1.29, 1.82) is 0 Å². The first kappa shape index (κ1) is 14.8. The van der Waals surface area contributed by atoms with Crippen LogP contribution in [0.3, 0.4) is 0 Å². The van der Waals surface area contributed by atoms with Crippen molar-refractivity contribution in [2.24, 2.45) is 10.4 Å². The van der Waals surface area contributed by atoms with Gasteiger partial charge >= 0.3 is 0 Å². The molecule has 0 radical (unpaired) electrons. The van der Waals surface area contributed by atoms with E-state index in [2.05, 4.69) is 10.3 Å². The molecule has 1 aliphatic carbocycles. The molecule has 1 spiro atoms. The van der Waals surface area contributed by atoms with E-state index in [1.54, 1.807) is 11.8 Å². The van der Waals surface area contributed by atoms with E-state index in [0.717, 1.165) is 23.5 Å². The molecular formula is C16H20F2N2S. The lowest BCUT2D eigenvalue weighted by atomic mass is 9.75. The molecule has 0 aromatic heterocycles. The van der Waals surface area contributed by atoms with Gasteiger partial charge in [-0.2, -0.15) is 0 Å². The Morgan fingerprint density at radius 3 is 2.67 bits per heavy atom. The molecule has 1 N–H and O–H groups in total. The fourth-order valence-corrected chi connectivity index (χ4v) is 4.25. The van der Waals surface area contributed by atoms with Crippen molar-refractivity contribution in [1.82, 2.24) is 5.32 Å². The second kappa shape index (κ2) is 6.34. The van der Waals surface area contributed by atoms with E-state index in [4.69, 9.17) is 0 Å². The second-order valence-electron chi connectivity index (χ2n) is 6.06. The number of benzene rings is 1. The summed E-state index contributed by atoms with van der Waals surface area (Å²) in [6.45, 7) is 1.24. The summed E-state index contributed by atoms with van der Waals surface area (Å²) in [7, 11) is 0. The molecule has 1 fully saturated rings. The number of halogens is 2. The number of rotatable bonds is 2. The Balaban J connectivity index is 1.57. The van der Waals surface area contributed by atoms with E-state index in [-0.39, 0.29) is 0 Å². The van der Waals surface area contributed by atoms with Crippen molar-refractivity contribution >= 4 is 16.9 Å². The van der Waals surface area contributed by atoms with Gasteiger partial charge in [-0.1, -0.05) is 37.1 Å². The van der Waals surface area contributed by atoms with E-state index in [1.165, 1.54) is 44.2 Å². The fraction of sp³-hybridized carbons (Fsp3) is 0.562. The minimum atomic E-state index is -0.542. The lowest BCUT2D eigenvalue weighted by Crippen LogP contribution is -2.36. The van der Waals surface area contributed by atoms with Crippen LogP contribution in [0.2, 0.25) is 0 Å². The van der Waals surface area contributed by atoms with Crippen molar-refractivity contribution in [3.63, 3.8) is 0 Å². The van der Waals surface area contributed by atoms with Crippen LogP contribution in [0, 0.1) is 17.0 Å². The molecule has 0 unspecified atom stereocenters. The van der Waals surface area contributed by atoms with Crippen LogP contribution in [-0.4, -0.2) is 17.5 Å². The van der Waals surface area contributed by atoms with E-state index < -0.39 is 11.6 Å². The maximum absolute atomic E-state index is 13.6. The predicted octanol–water partition coefficient (Wildman–Crippen LogP) is 4.11. The molecule has 1 heterocycles. The second-order valence-corrected chi connectivity index (χ2v) is 7.02. The zero-order valence-electron chi connectivity index (χ0n) is 12.0. The van der Waals surface area contributed by atoms with E-state index in [0.29, 0.717) is 17.5 Å². The third-order valence-electron chi connectivity index (χ3n) is 4.43. The topological polar surface area (TPSA) is 24.4 Å². The Labute approximate surface area is 128 Å². The molecule has 5 heteroatoms. The van der Waals surface area contributed by atoms with Crippen LogP contribution < -0.4 is 5.32 Å². The molecule has 114 valence electrons. The molecule has 21 heavy (non-hydrogen) atoms. The Hall–Kier alpha value is -1.10. The molecule has 3 rings (SSSR count). The van der Waals surface area contributed by atoms with Crippen LogP contribution in [0.25, 0.3) is 0 Å². The lowest BCUT2D eigenvalue weighted by molar-refractivity contribution is 0.232. The van der Waals surface area contributed by atoms with Crippen LogP contribution in [0.1, 0.15) is 37.7 Å². The summed E-state index contributed by atoms with van der Waals surface area (Å²) in [6.07, 6.45) is 6.55. The molecule has 0 saturated heterocycles. The molecule has 0 bridgehead atoms. The highest BCUT2D eigenvalue weighted by atomic mass is 32.2. The first-order valence-corrected chi connectivity index (χ1v) is 8.51. The van der Waals surface area contributed by atoms with Gasteiger partial charge in [0.05, 0.1) is 0 Å². The van der Waals surface area contributed by atoms with Gasteiger partial charge in [-0.15, -0.1) is 0 Å². The molecule has 1 saturated carbocycles. The molecule has 2 aliphatic rings. The minimum absolute atomic E-state index is 0.352. The number of amidine groups is 1. The quantitative estimate of drug-likeness (QED) is 0.889. The average Bonchev–Trinajstić information content (AvgIpc) is 2.49. The molecule has 1 aromatic rings. The predicted molar refractivity (Wildman–Crippen MR) is 83.5 cm³/mol. The van der Waals surface area contributed by atoms with E-state index >= 15 is 0 Å². The van der Waals surface area contributed by atoms with Crippen LogP contribution in [-0.2, 0) is 6.54 Å². The first-order valence-electron chi connectivity index (χ1n) is 7.52. The Bertz CT molecular complexity index is 539. The van der Waals surface area contributed by atoms with Gasteiger partial charge in [0.15, 0.2) is 5.17 Å². The Kier molecular flexibility index (Phi) is 4.48. The Morgan fingerprint density at radius 1 is 1.19 bits per heavy atom. The molecule has 2 nitrogen and oxygen atoms in total. The van der Waals surface area contributed by atoms with Gasteiger partial charge in [-0.3, -0.25) is 4.99 Å². The van der Waals surface area contributed by atoms with Crippen LogP contribution in [0.15, 0.2) is 23.2 Å². The van der Waals surface area contributed by atoms with E-state index in [9.17, 15) is 8.78 Å². The van der Waals surface area contributed by atoms with Gasteiger partial charge in [-0.25, -0.2) is 8.78 Å². The zero-order valence-corrected chi connectivity index (χ0v) is 12.8. The summed E-state index contributed by atoms with van der Waals surface area (Å²) < 4.78 is 26.4. The number of hydrogen-bond donors (Lipinski definition) is 1. The van der Waals surface area contributed by atoms with Gasteiger partial charge in [0.1, 0.15) is 11.6 Å².